The van der Waals surface area contributed by atoms with Gasteiger partial charge < -0.3 is 20.3 Å². The summed E-state index contributed by atoms with van der Waals surface area (Å²) in [5.41, 5.74) is 0.982. The molecular weight excluding hydrogens is 298 g/mol. The highest BCUT2D eigenvalue weighted by Crippen LogP contribution is 2.35. The average molecular weight is 318 g/mol. The summed E-state index contributed by atoms with van der Waals surface area (Å²) in [7, 11) is 1.52. The van der Waals surface area contributed by atoms with E-state index < -0.39 is 0 Å². The van der Waals surface area contributed by atoms with Crippen molar-refractivity contribution in [3.8, 4) is 11.5 Å². The van der Waals surface area contributed by atoms with Crippen LogP contribution < -0.4 is 10.1 Å². The Bertz CT molecular complexity index is 396. The van der Waals surface area contributed by atoms with E-state index in [9.17, 15) is 10.2 Å². The van der Waals surface area contributed by atoms with Crippen molar-refractivity contribution >= 4 is 15.9 Å². The number of benzene rings is 1. The fraction of sp³-hybridized carbons (Fsp3) is 0.538. The molecule has 0 saturated heterocycles. The Hall–Kier alpha value is -0.780. The summed E-state index contributed by atoms with van der Waals surface area (Å²) in [5.74, 6) is 0.896. The van der Waals surface area contributed by atoms with Gasteiger partial charge in [-0.3, -0.25) is 0 Å². The van der Waals surface area contributed by atoms with Crippen LogP contribution in [0.5, 0.6) is 11.5 Å². The molecule has 0 saturated carbocycles. The maximum absolute atomic E-state index is 9.70. The van der Waals surface area contributed by atoms with Crippen LogP contribution in [0.4, 0.5) is 0 Å². The number of aliphatic hydroxyl groups excluding tert-OH is 1. The molecule has 5 heteroatoms. The van der Waals surface area contributed by atoms with E-state index in [-0.39, 0.29) is 18.4 Å². The molecule has 102 valence electrons. The van der Waals surface area contributed by atoms with Crippen LogP contribution in [0.1, 0.15) is 19.4 Å². The van der Waals surface area contributed by atoms with Crippen molar-refractivity contribution < 1.29 is 14.9 Å². The highest BCUT2D eigenvalue weighted by atomic mass is 79.9. The lowest BCUT2D eigenvalue weighted by Crippen LogP contribution is -2.36. The van der Waals surface area contributed by atoms with Crippen molar-refractivity contribution in [2.24, 2.45) is 5.92 Å². The number of phenolic OH excluding ortho intramolecular Hbond substituents is 1. The number of halogens is 1. The largest absolute Gasteiger partial charge is 0.503 e. The first kappa shape index (κ1) is 15.3. The predicted molar refractivity (Wildman–Crippen MR) is 74.9 cm³/mol. The van der Waals surface area contributed by atoms with Gasteiger partial charge in [0, 0.05) is 12.6 Å². The molecule has 1 aromatic carbocycles. The first-order chi connectivity index (χ1) is 8.49. The van der Waals surface area contributed by atoms with E-state index in [2.05, 4.69) is 35.1 Å². The van der Waals surface area contributed by atoms with E-state index in [0.717, 1.165) is 5.56 Å². The Morgan fingerprint density at radius 3 is 2.56 bits per heavy atom. The second-order valence-electron chi connectivity index (χ2n) is 4.54. The lowest BCUT2D eigenvalue weighted by molar-refractivity contribution is 0.210. The Morgan fingerprint density at radius 2 is 2.06 bits per heavy atom. The van der Waals surface area contributed by atoms with E-state index in [1.165, 1.54) is 7.11 Å². The van der Waals surface area contributed by atoms with E-state index in [1.807, 2.05) is 6.07 Å². The van der Waals surface area contributed by atoms with Crippen molar-refractivity contribution in [1.29, 1.82) is 0 Å². The van der Waals surface area contributed by atoms with Crippen LogP contribution in [-0.2, 0) is 6.54 Å². The third-order valence-corrected chi connectivity index (χ3v) is 3.48. The number of aromatic hydroxyl groups is 1. The smallest absolute Gasteiger partial charge is 0.172 e. The van der Waals surface area contributed by atoms with Crippen molar-refractivity contribution in [2.45, 2.75) is 26.4 Å². The molecule has 1 aromatic rings. The molecule has 0 aliphatic carbocycles. The van der Waals surface area contributed by atoms with Crippen LogP contribution in [0.25, 0.3) is 0 Å². The Kier molecular flexibility index (Phi) is 5.91. The molecule has 0 amide bonds. The minimum absolute atomic E-state index is 0.0589. The predicted octanol–water partition coefficient (Wildman–Crippen LogP) is 2.27. The summed E-state index contributed by atoms with van der Waals surface area (Å²) in [4.78, 5) is 0. The lowest BCUT2D eigenvalue weighted by atomic mass is 10.0. The van der Waals surface area contributed by atoms with Crippen LogP contribution in [0.2, 0.25) is 0 Å². The molecule has 18 heavy (non-hydrogen) atoms. The quantitative estimate of drug-likeness (QED) is 0.753. The minimum Gasteiger partial charge on any atom is -0.503 e. The molecule has 0 bridgehead atoms. The highest BCUT2D eigenvalue weighted by Gasteiger charge is 2.13. The lowest BCUT2D eigenvalue weighted by Gasteiger charge is -2.20. The fourth-order valence-electron chi connectivity index (χ4n) is 1.64. The molecule has 3 N–H and O–H groups in total. The molecule has 0 aliphatic rings. The van der Waals surface area contributed by atoms with Crippen molar-refractivity contribution in [2.75, 3.05) is 13.7 Å². The van der Waals surface area contributed by atoms with E-state index in [1.54, 1.807) is 6.07 Å². The van der Waals surface area contributed by atoms with Gasteiger partial charge in [-0.25, -0.2) is 0 Å². The molecule has 0 aromatic heterocycles. The van der Waals surface area contributed by atoms with Crippen LogP contribution in [0, 0.1) is 5.92 Å². The Balaban J connectivity index is 2.76. The molecule has 0 aliphatic heterocycles. The van der Waals surface area contributed by atoms with E-state index in [0.29, 0.717) is 22.7 Å². The zero-order chi connectivity index (χ0) is 13.7. The summed E-state index contributed by atoms with van der Waals surface area (Å²) in [6, 6.07) is 3.67. The van der Waals surface area contributed by atoms with Gasteiger partial charge in [0.1, 0.15) is 0 Å². The van der Waals surface area contributed by atoms with E-state index >= 15 is 0 Å². The first-order valence-electron chi connectivity index (χ1n) is 5.89. The molecule has 4 nitrogen and oxygen atoms in total. The van der Waals surface area contributed by atoms with Crippen LogP contribution in [-0.4, -0.2) is 30.0 Å². The minimum atomic E-state index is 0.0589. The van der Waals surface area contributed by atoms with Crippen molar-refractivity contribution in [3.63, 3.8) is 0 Å². The van der Waals surface area contributed by atoms with Crippen LogP contribution in [0.15, 0.2) is 16.6 Å². The van der Waals surface area contributed by atoms with Gasteiger partial charge in [-0.1, -0.05) is 13.8 Å². The Morgan fingerprint density at radius 1 is 1.39 bits per heavy atom. The zero-order valence-electron chi connectivity index (χ0n) is 10.9. The second kappa shape index (κ2) is 6.97. The molecule has 0 heterocycles. The molecule has 1 atom stereocenters. The van der Waals surface area contributed by atoms with Crippen molar-refractivity contribution in [1.82, 2.24) is 5.32 Å². The number of aliphatic hydroxyl groups is 1. The number of rotatable bonds is 6. The number of hydrogen-bond acceptors (Lipinski definition) is 4. The highest BCUT2D eigenvalue weighted by molar-refractivity contribution is 9.10. The standard InChI is InChI=1S/C13H20BrNO3/c1-8(2)11(7-16)15-6-9-4-10(14)13(17)12(5-9)18-3/h4-5,8,11,15-17H,6-7H2,1-3H3/t11-/m1/s1. The van der Waals surface area contributed by atoms with Gasteiger partial charge in [-0.05, 0) is 39.5 Å². The molecular formula is C13H20BrNO3. The number of nitrogens with one attached hydrogen (secondary N) is 1. The normalized spacial score (nSPS) is 12.8. The second-order valence-corrected chi connectivity index (χ2v) is 5.40. The SMILES string of the molecule is COc1cc(CN[C@H](CO)C(C)C)cc(Br)c1O. The maximum Gasteiger partial charge on any atom is 0.172 e. The maximum atomic E-state index is 9.70. The zero-order valence-corrected chi connectivity index (χ0v) is 12.5. The summed E-state index contributed by atoms with van der Waals surface area (Å²) in [6.45, 7) is 4.83. The molecule has 0 fully saturated rings. The fourth-order valence-corrected chi connectivity index (χ4v) is 2.13. The summed E-state index contributed by atoms with van der Waals surface area (Å²) in [5, 5.41) is 22.2. The van der Waals surface area contributed by atoms with Gasteiger partial charge in [0.05, 0.1) is 18.2 Å². The Labute approximate surface area is 116 Å². The summed E-state index contributed by atoms with van der Waals surface area (Å²) < 4.78 is 5.69. The van der Waals surface area contributed by atoms with Crippen LogP contribution >= 0.6 is 15.9 Å². The molecule has 0 radical (unpaired) electrons. The third kappa shape index (κ3) is 3.86. The monoisotopic (exact) mass is 317 g/mol. The van der Waals surface area contributed by atoms with Gasteiger partial charge in [0.25, 0.3) is 0 Å². The van der Waals surface area contributed by atoms with Gasteiger partial charge >= 0.3 is 0 Å². The van der Waals surface area contributed by atoms with Gasteiger partial charge in [0.2, 0.25) is 0 Å². The van der Waals surface area contributed by atoms with Crippen LogP contribution in [0.3, 0.4) is 0 Å². The van der Waals surface area contributed by atoms with E-state index in [4.69, 9.17) is 4.74 Å². The number of phenols is 1. The average Bonchev–Trinajstić information content (AvgIpc) is 2.33. The first-order valence-corrected chi connectivity index (χ1v) is 6.68. The van der Waals surface area contributed by atoms with Gasteiger partial charge in [-0.15, -0.1) is 0 Å². The number of ether oxygens (including phenoxy) is 1. The van der Waals surface area contributed by atoms with Crippen molar-refractivity contribution in [3.05, 3.63) is 22.2 Å². The van der Waals surface area contributed by atoms with Gasteiger partial charge in [-0.2, -0.15) is 0 Å². The topological polar surface area (TPSA) is 61.7 Å². The molecule has 0 unspecified atom stereocenters. The summed E-state index contributed by atoms with van der Waals surface area (Å²) in [6.07, 6.45) is 0. The molecule has 0 spiro atoms. The number of methoxy groups -OCH3 is 1. The summed E-state index contributed by atoms with van der Waals surface area (Å²) >= 11 is 3.28. The number of hydrogen-bond donors (Lipinski definition) is 3. The third-order valence-electron chi connectivity index (χ3n) is 2.88. The van der Waals surface area contributed by atoms with Gasteiger partial charge in [0.15, 0.2) is 11.5 Å². The molecule has 1 rings (SSSR count).